The van der Waals surface area contributed by atoms with Gasteiger partial charge in [0, 0.05) is 6.04 Å². The number of halogens is 3. The lowest BCUT2D eigenvalue weighted by atomic mass is 10.0. The van der Waals surface area contributed by atoms with Crippen molar-refractivity contribution >= 4 is 11.0 Å². The average Bonchev–Trinajstić information content (AvgIpc) is 2.36. The normalized spacial score (nSPS) is 15.4. The molecule has 126 valence electrons. The van der Waals surface area contributed by atoms with Gasteiger partial charge in [-0.1, -0.05) is 25.5 Å². The molecule has 0 spiro atoms. The van der Waals surface area contributed by atoms with Crippen molar-refractivity contribution in [2.24, 2.45) is 0 Å². The van der Waals surface area contributed by atoms with Gasteiger partial charge in [0.05, 0.1) is 15.7 Å². The van der Waals surface area contributed by atoms with Crippen molar-refractivity contribution in [3.05, 3.63) is 29.8 Å². The van der Waals surface area contributed by atoms with E-state index in [9.17, 15) is 17.4 Å². The summed E-state index contributed by atoms with van der Waals surface area (Å²) in [5, 5.41) is 0. The van der Waals surface area contributed by atoms with Gasteiger partial charge in [0.2, 0.25) is 0 Å². The number of ether oxygens (including phenoxy) is 1. The fourth-order valence-electron chi connectivity index (χ4n) is 1.79. The minimum atomic E-state index is -4.70. The van der Waals surface area contributed by atoms with Gasteiger partial charge in [-0.3, -0.25) is 0 Å². The molecule has 0 aliphatic carbocycles. The summed E-state index contributed by atoms with van der Waals surface area (Å²) in [4.78, 5) is 0. The van der Waals surface area contributed by atoms with Gasteiger partial charge >= 0.3 is 6.36 Å². The number of rotatable bonds is 6. The lowest BCUT2D eigenvalue weighted by molar-refractivity contribution is -0.274. The van der Waals surface area contributed by atoms with Crippen molar-refractivity contribution in [2.75, 3.05) is 0 Å². The number of nitrogens with one attached hydrogen (secondary N) is 1. The van der Waals surface area contributed by atoms with Crippen LogP contribution in [0.5, 0.6) is 5.75 Å². The van der Waals surface area contributed by atoms with Crippen LogP contribution in [0.15, 0.2) is 24.3 Å². The van der Waals surface area contributed by atoms with Crippen molar-refractivity contribution < 1.29 is 22.1 Å². The lowest BCUT2D eigenvalue weighted by Crippen LogP contribution is -2.35. The van der Waals surface area contributed by atoms with Gasteiger partial charge in [-0.15, -0.1) is 13.2 Å². The molecule has 0 amide bonds. The molecule has 0 heterocycles. The minimum absolute atomic E-state index is 0.176. The van der Waals surface area contributed by atoms with E-state index in [2.05, 4.69) is 9.46 Å². The molecule has 0 aliphatic heterocycles. The molecule has 0 radical (unpaired) electrons. The number of alkyl halides is 3. The molecule has 1 aromatic carbocycles. The molecule has 1 aromatic rings. The Balaban J connectivity index is 2.86. The van der Waals surface area contributed by atoms with Crippen molar-refractivity contribution in [2.45, 2.75) is 57.7 Å². The molecule has 1 rings (SSSR count). The monoisotopic (exact) mass is 337 g/mol. The Labute approximate surface area is 131 Å². The van der Waals surface area contributed by atoms with E-state index in [1.165, 1.54) is 12.1 Å². The van der Waals surface area contributed by atoms with Crippen LogP contribution < -0.4 is 9.46 Å². The first-order valence-corrected chi connectivity index (χ1v) is 8.21. The molecule has 0 fully saturated rings. The summed E-state index contributed by atoms with van der Waals surface area (Å²) < 4.78 is 55.1. The second-order valence-electron chi connectivity index (χ2n) is 5.96. The first kappa shape index (κ1) is 19.0. The molecular weight excluding hydrogens is 315 g/mol. The van der Waals surface area contributed by atoms with Crippen LogP contribution in [0.25, 0.3) is 0 Å². The van der Waals surface area contributed by atoms with Gasteiger partial charge in [-0.2, -0.15) is 0 Å². The Bertz CT molecular complexity index is 495. The number of hydrogen-bond donors (Lipinski definition) is 1. The molecule has 7 heteroatoms. The van der Waals surface area contributed by atoms with Crippen LogP contribution in [-0.4, -0.2) is 15.3 Å². The maximum atomic E-state index is 12.2. The highest BCUT2D eigenvalue weighted by Crippen LogP contribution is 2.26. The van der Waals surface area contributed by atoms with Crippen LogP contribution in [-0.2, 0) is 11.0 Å². The van der Waals surface area contributed by atoms with E-state index >= 15 is 0 Å². The van der Waals surface area contributed by atoms with E-state index < -0.39 is 22.1 Å². The highest BCUT2D eigenvalue weighted by atomic mass is 32.2. The van der Waals surface area contributed by atoms with E-state index in [0.717, 1.165) is 18.4 Å². The zero-order valence-electron chi connectivity index (χ0n) is 13.2. The van der Waals surface area contributed by atoms with E-state index in [1.807, 2.05) is 27.7 Å². The predicted octanol–water partition coefficient (Wildman–Crippen LogP) is 4.48. The van der Waals surface area contributed by atoms with Crippen LogP contribution in [0.1, 0.15) is 52.1 Å². The Morgan fingerprint density at radius 1 is 1.18 bits per heavy atom. The second-order valence-corrected chi connectivity index (χ2v) is 7.95. The molecule has 0 bridgehead atoms. The molecule has 0 saturated heterocycles. The van der Waals surface area contributed by atoms with Crippen LogP contribution in [0, 0.1) is 0 Å². The van der Waals surface area contributed by atoms with E-state index in [1.54, 1.807) is 12.1 Å². The van der Waals surface area contributed by atoms with E-state index in [0.29, 0.717) is 0 Å². The smallest absolute Gasteiger partial charge is 0.406 e. The second kappa shape index (κ2) is 7.46. The fraction of sp³-hybridized carbons (Fsp3) is 0.600. The van der Waals surface area contributed by atoms with Crippen molar-refractivity contribution in [1.29, 1.82) is 0 Å². The van der Waals surface area contributed by atoms with E-state index in [-0.39, 0.29) is 11.8 Å². The maximum absolute atomic E-state index is 12.2. The fourth-order valence-corrected chi connectivity index (χ4v) is 2.66. The first-order chi connectivity index (χ1) is 10.0. The zero-order chi connectivity index (χ0) is 17.0. The molecule has 0 saturated carbocycles. The Morgan fingerprint density at radius 3 is 2.14 bits per heavy atom. The van der Waals surface area contributed by atoms with Crippen LogP contribution >= 0.6 is 0 Å². The molecule has 1 unspecified atom stereocenters. The largest absolute Gasteiger partial charge is 0.573 e. The van der Waals surface area contributed by atoms with E-state index in [4.69, 9.17) is 0 Å². The summed E-state index contributed by atoms with van der Waals surface area (Å²) >= 11 is 0. The predicted molar refractivity (Wildman–Crippen MR) is 81.8 cm³/mol. The Hall–Kier alpha value is -1.08. The average molecular weight is 337 g/mol. The molecular formula is C15H22F3NO2S. The zero-order valence-corrected chi connectivity index (χ0v) is 14.0. The van der Waals surface area contributed by atoms with Crippen LogP contribution in [0.3, 0.4) is 0 Å². The quantitative estimate of drug-likeness (QED) is 0.831. The van der Waals surface area contributed by atoms with Gasteiger partial charge in [-0.05, 0) is 44.9 Å². The third-order valence-electron chi connectivity index (χ3n) is 2.90. The van der Waals surface area contributed by atoms with Gasteiger partial charge in [-0.25, -0.2) is 8.93 Å². The summed E-state index contributed by atoms with van der Waals surface area (Å²) in [6, 6.07) is 5.49. The van der Waals surface area contributed by atoms with Gasteiger partial charge in [0.25, 0.3) is 0 Å². The lowest BCUT2D eigenvalue weighted by Gasteiger charge is -2.24. The third kappa shape index (κ3) is 6.36. The van der Waals surface area contributed by atoms with Gasteiger partial charge < -0.3 is 4.74 Å². The minimum Gasteiger partial charge on any atom is -0.406 e. The molecule has 0 aromatic heterocycles. The van der Waals surface area contributed by atoms with Gasteiger partial charge in [0.1, 0.15) is 5.75 Å². The topological polar surface area (TPSA) is 38.3 Å². The molecule has 22 heavy (non-hydrogen) atoms. The maximum Gasteiger partial charge on any atom is 0.573 e. The van der Waals surface area contributed by atoms with Crippen LogP contribution in [0.4, 0.5) is 13.2 Å². The summed E-state index contributed by atoms with van der Waals surface area (Å²) in [6.07, 6.45) is -3.10. The van der Waals surface area contributed by atoms with Crippen molar-refractivity contribution in [3.8, 4) is 5.75 Å². The number of hydrogen-bond acceptors (Lipinski definition) is 2. The summed E-state index contributed by atoms with van der Waals surface area (Å²) in [6.45, 7) is 7.58. The van der Waals surface area contributed by atoms with Crippen molar-refractivity contribution in [3.63, 3.8) is 0 Å². The highest BCUT2D eigenvalue weighted by Gasteiger charge is 2.31. The highest BCUT2D eigenvalue weighted by molar-refractivity contribution is 7.84. The summed E-state index contributed by atoms with van der Waals surface area (Å²) in [5.41, 5.74) is 0.786. The molecule has 1 N–H and O–H groups in total. The third-order valence-corrected chi connectivity index (χ3v) is 4.51. The molecule has 0 aliphatic rings. The SMILES string of the molecule is CCC[C@@H](NS(=O)C(C)(C)C)c1ccc(OC(F)(F)F)cc1. The van der Waals surface area contributed by atoms with Crippen molar-refractivity contribution in [1.82, 2.24) is 4.72 Å². The molecule has 3 nitrogen and oxygen atoms in total. The Kier molecular flexibility index (Phi) is 6.43. The van der Waals surface area contributed by atoms with Crippen LogP contribution in [0.2, 0.25) is 0 Å². The first-order valence-electron chi connectivity index (χ1n) is 7.06. The molecule has 2 atom stereocenters. The summed E-state index contributed by atoms with van der Waals surface area (Å²) in [7, 11) is -1.25. The summed E-state index contributed by atoms with van der Waals surface area (Å²) in [5.74, 6) is -0.261. The van der Waals surface area contributed by atoms with Gasteiger partial charge in [0.15, 0.2) is 0 Å². The Morgan fingerprint density at radius 2 is 1.73 bits per heavy atom. The standard InChI is InChI=1S/C15H22F3NO2S/c1-5-6-13(19-22(20)14(2,3)4)11-7-9-12(10-8-11)21-15(16,17)18/h7-10,13,19H,5-6H2,1-4H3/t13-,22?/m1/s1. The number of benzene rings is 1.